The second kappa shape index (κ2) is 9.09. The Morgan fingerprint density at radius 1 is 0.778 bits per heavy atom. The van der Waals surface area contributed by atoms with Gasteiger partial charge >= 0.3 is 12.3 Å². The van der Waals surface area contributed by atoms with Gasteiger partial charge in [-0.25, -0.2) is 9.59 Å². The highest BCUT2D eigenvalue weighted by atomic mass is 16.7. The van der Waals surface area contributed by atoms with E-state index in [9.17, 15) is 9.59 Å². The first-order valence-electron chi connectivity index (χ1n) is 5.29. The van der Waals surface area contributed by atoms with Crippen LogP contribution in [0.2, 0.25) is 0 Å². The Labute approximate surface area is 106 Å². The number of ether oxygens (including phenoxy) is 4. The van der Waals surface area contributed by atoms with Crippen molar-refractivity contribution < 1.29 is 28.5 Å². The summed E-state index contributed by atoms with van der Waals surface area (Å²) in [5.74, 6) is 0. The Kier molecular flexibility index (Phi) is 8.09. The van der Waals surface area contributed by atoms with E-state index in [1.54, 1.807) is 13.8 Å². The van der Waals surface area contributed by atoms with Crippen LogP contribution in [-0.2, 0) is 18.9 Å². The van der Waals surface area contributed by atoms with Gasteiger partial charge in [-0.2, -0.15) is 0 Å². The summed E-state index contributed by atoms with van der Waals surface area (Å²) >= 11 is 0. The van der Waals surface area contributed by atoms with Crippen molar-refractivity contribution in [2.75, 3.05) is 26.4 Å². The monoisotopic (exact) mass is 258 g/mol. The van der Waals surface area contributed by atoms with Gasteiger partial charge in [0.15, 0.2) is 0 Å². The van der Waals surface area contributed by atoms with Crippen molar-refractivity contribution >= 4 is 12.3 Å². The van der Waals surface area contributed by atoms with E-state index in [0.29, 0.717) is 11.1 Å². The maximum absolute atomic E-state index is 10.9. The highest BCUT2D eigenvalue weighted by Crippen LogP contribution is 1.94. The minimum absolute atomic E-state index is 0.0976. The summed E-state index contributed by atoms with van der Waals surface area (Å²) in [4.78, 5) is 21.9. The van der Waals surface area contributed by atoms with Gasteiger partial charge in [-0.1, -0.05) is 13.2 Å². The zero-order chi connectivity index (χ0) is 14.0. The van der Waals surface area contributed by atoms with Gasteiger partial charge in [0.25, 0.3) is 0 Å². The van der Waals surface area contributed by atoms with E-state index < -0.39 is 12.3 Å². The predicted octanol–water partition coefficient (Wildman–Crippen LogP) is 2.45. The summed E-state index contributed by atoms with van der Waals surface area (Å²) in [6, 6.07) is 0. The molecule has 0 radical (unpaired) electrons. The molecule has 102 valence electrons. The summed E-state index contributed by atoms with van der Waals surface area (Å²) in [7, 11) is 0. The van der Waals surface area contributed by atoms with E-state index >= 15 is 0 Å². The molecule has 0 unspecified atom stereocenters. The number of carbonyl (C=O) groups excluding carboxylic acids is 2. The molecular weight excluding hydrogens is 240 g/mol. The summed E-state index contributed by atoms with van der Waals surface area (Å²) in [5.41, 5.74) is 1.40. The number of rotatable bonds is 7. The molecule has 0 aromatic carbocycles. The topological polar surface area (TPSA) is 71.1 Å². The molecule has 0 aromatic heterocycles. The lowest BCUT2D eigenvalue weighted by Crippen LogP contribution is -2.16. The van der Waals surface area contributed by atoms with Crippen LogP contribution in [0.15, 0.2) is 24.3 Å². The highest BCUT2D eigenvalue weighted by Gasteiger charge is 2.06. The minimum atomic E-state index is -0.836. The molecule has 0 N–H and O–H groups in total. The predicted molar refractivity (Wildman–Crippen MR) is 64.2 cm³/mol. The third-order valence-electron chi connectivity index (χ3n) is 1.40. The Morgan fingerprint density at radius 3 is 1.39 bits per heavy atom. The molecule has 0 amide bonds. The van der Waals surface area contributed by atoms with Crippen molar-refractivity contribution in [2.24, 2.45) is 0 Å². The van der Waals surface area contributed by atoms with E-state index in [4.69, 9.17) is 0 Å². The van der Waals surface area contributed by atoms with Crippen LogP contribution in [-0.4, -0.2) is 38.7 Å². The van der Waals surface area contributed by atoms with Gasteiger partial charge in [-0.15, -0.1) is 0 Å². The first-order chi connectivity index (χ1) is 8.41. The maximum atomic E-state index is 10.9. The zero-order valence-corrected chi connectivity index (χ0v) is 10.7. The second-order valence-electron chi connectivity index (χ2n) is 3.69. The van der Waals surface area contributed by atoms with Crippen molar-refractivity contribution in [3.63, 3.8) is 0 Å². The summed E-state index contributed by atoms with van der Waals surface area (Å²) in [6.07, 6.45) is -1.67. The normalized spacial score (nSPS) is 9.22. The molecule has 0 spiro atoms. The molecule has 18 heavy (non-hydrogen) atoms. The first-order valence-corrected chi connectivity index (χ1v) is 5.29. The van der Waals surface area contributed by atoms with E-state index in [0.717, 1.165) is 0 Å². The van der Waals surface area contributed by atoms with Crippen LogP contribution in [0, 0.1) is 0 Å². The smallest absolute Gasteiger partial charge is 0.431 e. The van der Waals surface area contributed by atoms with Gasteiger partial charge in [-0.05, 0) is 25.0 Å². The van der Waals surface area contributed by atoms with Gasteiger partial charge in [0, 0.05) is 0 Å². The summed E-state index contributed by atoms with van der Waals surface area (Å²) < 4.78 is 18.5. The first kappa shape index (κ1) is 16.0. The van der Waals surface area contributed by atoms with Crippen LogP contribution in [0.3, 0.4) is 0 Å². The fraction of sp³-hybridized carbons (Fsp3) is 0.500. The molecule has 0 aliphatic carbocycles. The van der Waals surface area contributed by atoms with Gasteiger partial charge < -0.3 is 18.9 Å². The maximum Gasteiger partial charge on any atom is 0.508 e. The number of carbonyl (C=O) groups is 2. The molecule has 0 saturated heterocycles. The SMILES string of the molecule is C=C(C)COC(=O)OCCOC(=O)OCC(=C)C. The Balaban J connectivity index is 3.49. The molecule has 0 rings (SSSR count). The van der Waals surface area contributed by atoms with Gasteiger partial charge in [0.05, 0.1) is 0 Å². The zero-order valence-electron chi connectivity index (χ0n) is 10.7. The van der Waals surface area contributed by atoms with E-state index in [-0.39, 0.29) is 26.4 Å². The molecule has 0 aromatic rings. The second-order valence-corrected chi connectivity index (χ2v) is 3.69. The lowest BCUT2D eigenvalue weighted by molar-refractivity contribution is 0.0233. The molecule has 6 heteroatoms. The fourth-order valence-corrected chi connectivity index (χ4v) is 0.698. The Hall–Kier alpha value is -1.98. The molecule has 0 saturated carbocycles. The van der Waals surface area contributed by atoms with Gasteiger partial charge in [-0.3, -0.25) is 0 Å². The quantitative estimate of drug-likeness (QED) is 0.397. The lowest BCUT2D eigenvalue weighted by atomic mass is 10.4. The van der Waals surface area contributed by atoms with Crippen LogP contribution in [0.1, 0.15) is 13.8 Å². The molecule has 0 bridgehead atoms. The van der Waals surface area contributed by atoms with Crippen molar-refractivity contribution in [1.82, 2.24) is 0 Å². The molecule has 0 aliphatic rings. The average molecular weight is 258 g/mol. The van der Waals surface area contributed by atoms with Crippen LogP contribution in [0.5, 0.6) is 0 Å². The fourth-order valence-electron chi connectivity index (χ4n) is 0.698. The van der Waals surface area contributed by atoms with Crippen LogP contribution < -0.4 is 0 Å². The largest absolute Gasteiger partial charge is 0.508 e. The number of hydrogen-bond acceptors (Lipinski definition) is 6. The summed E-state index contributed by atoms with van der Waals surface area (Å²) in [5, 5.41) is 0. The molecule has 0 atom stereocenters. The third kappa shape index (κ3) is 10.5. The van der Waals surface area contributed by atoms with E-state index in [1.165, 1.54) is 0 Å². The molecule has 0 fully saturated rings. The molecule has 0 aliphatic heterocycles. The Bertz CT molecular complexity index is 289. The van der Waals surface area contributed by atoms with E-state index in [2.05, 4.69) is 32.1 Å². The average Bonchev–Trinajstić information content (AvgIpc) is 2.29. The van der Waals surface area contributed by atoms with E-state index in [1.807, 2.05) is 0 Å². The molecule has 0 heterocycles. The molecular formula is C12H18O6. The third-order valence-corrected chi connectivity index (χ3v) is 1.40. The lowest BCUT2D eigenvalue weighted by Gasteiger charge is -2.07. The van der Waals surface area contributed by atoms with Gasteiger partial charge in [0.1, 0.15) is 26.4 Å². The summed E-state index contributed by atoms with van der Waals surface area (Å²) in [6.45, 7) is 10.5. The minimum Gasteiger partial charge on any atom is -0.431 e. The Morgan fingerprint density at radius 2 is 1.11 bits per heavy atom. The molecule has 6 nitrogen and oxygen atoms in total. The standard InChI is InChI=1S/C12H18O6/c1-9(2)7-17-11(13)15-5-6-16-12(14)18-8-10(3)4/h1,3,5-8H2,2,4H3. The van der Waals surface area contributed by atoms with Crippen LogP contribution >= 0.6 is 0 Å². The van der Waals surface area contributed by atoms with Crippen molar-refractivity contribution in [3.8, 4) is 0 Å². The van der Waals surface area contributed by atoms with Crippen LogP contribution in [0.4, 0.5) is 9.59 Å². The number of hydrogen-bond donors (Lipinski definition) is 0. The van der Waals surface area contributed by atoms with Crippen LogP contribution in [0.25, 0.3) is 0 Å². The van der Waals surface area contributed by atoms with Gasteiger partial charge in [0.2, 0.25) is 0 Å². The van der Waals surface area contributed by atoms with Crippen molar-refractivity contribution in [3.05, 3.63) is 24.3 Å². The van der Waals surface area contributed by atoms with Crippen molar-refractivity contribution in [2.45, 2.75) is 13.8 Å². The van der Waals surface area contributed by atoms with Crippen molar-refractivity contribution in [1.29, 1.82) is 0 Å². The highest BCUT2D eigenvalue weighted by molar-refractivity contribution is 5.61.